The smallest absolute Gasteiger partial charge is 0.162 e. The molecule has 0 radical (unpaired) electrons. The highest BCUT2D eigenvalue weighted by Crippen LogP contribution is 2.34. The van der Waals surface area contributed by atoms with Crippen molar-refractivity contribution in [3.8, 4) is 11.5 Å². The minimum atomic E-state index is 0.180. The molecule has 0 fully saturated rings. The fourth-order valence-electron chi connectivity index (χ4n) is 2.30. The monoisotopic (exact) mass is 364 g/mol. The van der Waals surface area contributed by atoms with Crippen LogP contribution in [0.4, 0.5) is 11.4 Å². The van der Waals surface area contributed by atoms with Gasteiger partial charge in [0.15, 0.2) is 11.5 Å². The van der Waals surface area contributed by atoms with E-state index in [1.807, 2.05) is 53.8 Å². The van der Waals surface area contributed by atoms with Crippen molar-refractivity contribution in [1.29, 1.82) is 0 Å². The summed E-state index contributed by atoms with van der Waals surface area (Å²) < 4.78 is 13.5. The molecule has 2 rings (SSSR count). The van der Waals surface area contributed by atoms with Gasteiger partial charge in [-0.25, -0.2) is 0 Å². The summed E-state index contributed by atoms with van der Waals surface area (Å²) in [6, 6.07) is 13.2. The quantitative estimate of drug-likeness (QED) is 0.521. The lowest BCUT2D eigenvalue weighted by Crippen LogP contribution is -2.18. The van der Waals surface area contributed by atoms with Crippen molar-refractivity contribution < 1.29 is 19.8 Å². The van der Waals surface area contributed by atoms with Crippen molar-refractivity contribution in [2.45, 2.75) is 12.8 Å². The largest absolute Gasteiger partial charge is 0.493 e. The van der Waals surface area contributed by atoms with Crippen molar-refractivity contribution in [2.24, 2.45) is 0 Å². The fraction of sp³-hybridized carbons (Fsp3) is 0.333. The molecule has 0 unspecified atom stereocenters. The number of aryl methyl sites for hydroxylation is 1. The van der Waals surface area contributed by atoms with Crippen LogP contribution in [0.2, 0.25) is 0 Å². The summed E-state index contributed by atoms with van der Waals surface area (Å²) in [7, 11) is 5.03. The van der Waals surface area contributed by atoms with E-state index < -0.39 is 0 Å². The summed E-state index contributed by atoms with van der Waals surface area (Å²) >= 11 is 1.15. The summed E-state index contributed by atoms with van der Waals surface area (Å²) in [4.78, 5) is 0. The summed E-state index contributed by atoms with van der Waals surface area (Å²) in [5, 5.41) is 19.2. The number of aliphatic hydroxyl groups excluding tert-OH is 1. The van der Waals surface area contributed by atoms with Gasteiger partial charge in [-0.05, 0) is 42.7 Å². The molecule has 2 N–H and O–H groups in total. The lowest BCUT2D eigenvalue weighted by atomic mass is 10.1. The Bertz CT molecular complexity index is 667. The topological polar surface area (TPSA) is 65.4 Å². The van der Waals surface area contributed by atoms with Crippen LogP contribution >= 0.6 is 12.1 Å². The normalized spacial score (nSPS) is 10.4. The summed E-state index contributed by atoms with van der Waals surface area (Å²) in [5.41, 5.74) is 2.66. The maximum absolute atomic E-state index is 10.3. The highest BCUT2D eigenvalue weighted by molar-refractivity contribution is 8.01. The molecule has 0 aliphatic heterocycles. The van der Waals surface area contributed by atoms with Crippen LogP contribution in [0.1, 0.15) is 12.0 Å². The Kier molecular flexibility index (Phi) is 7.24. The molecule has 7 heteroatoms. The SMILES string of the molecule is COc1ccc(N(C)SN(O)c2ccc(CCCO)cc2)cc1OC. The zero-order chi connectivity index (χ0) is 18.2. The molecule has 0 saturated carbocycles. The third kappa shape index (κ3) is 5.19. The molecule has 0 atom stereocenters. The second kappa shape index (κ2) is 9.41. The highest BCUT2D eigenvalue weighted by Gasteiger charge is 2.12. The van der Waals surface area contributed by atoms with Crippen LogP contribution in [0.25, 0.3) is 0 Å². The van der Waals surface area contributed by atoms with Crippen molar-refractivity contribution in [2.75, 3.05) is 36.6 Å². The number of hydrogen-bond acceptors (Lipinski definition) is 7. The van der Waals surface area contributed by atoms with Gasteiger partial charge in [-0.1, -0.05) is 12.1 Å². The van der Waals surface area contributed by atoms with Crippen molar-refractivity contribution >= 4 is 23.5 Å². The molecular weight excluding hydrogens is 340 g/mol. The third-order valence-corrected chi connectivity index (χ3v) is 4.53. The first-order valence-electron chi connectivity index (χ1n) is 7.91. The van der Waals surface area contributed by atoms with Crippen LogP contribution in [0.5, 0.6) is 11.5 Å². The van der Waals surface area contributed by atoms with Gasteiger partial charge in [0, 0.05) is 19.7 Å². The Morgan fingerprint density at radius 1 is 0.960 bits per heavy atom. The predicted octanol–water partition coefficient (Wildman–Crippen LogP) is 3.52. The molecule has 0 aromatic heterocycles. The second-order valence-electron chi connectivity index (χ2n) is 5.38. The molecule has 0 aliphatic carbocycles. The first kappa shape index (κ1) is 19.2. The Morgan fingerprint density at radius 3 is 2.20 bits per heavy atom. The van der Waals surface area contributed by atoms with Gasteiger partial charge in [-0.15, -0.1) is 0 Å². The fourth-order valence-corrected chi connectivity index (χ4v) is 2.96. The zero-order valence-electron chi connectivity index (χ0n) is 14.7. The molecule has 6 nitrogen and oxygen atoms in total. The first-order valence-corrected chi connectivity index (χ1v) is 8.64. The van der Waals surface area contributed by atoms with Crippen LogP contribution in [0.15, 0.2) is 42.5 Å². The van der Waals surface area contributed by atoms with E-state index in [1.54, 1.807) is 14.2 Å². The van der Waals surface area contributed by atoms with Gasteiger partial charge in [0.05, 0.1) is 37.7 Å². The van der Waals surface area contributed by atoms with Crippen molar-refractivity contribution in [3.05, 3.63) is 48.0 Å². The summed E-state index contributed by atoms with van der Waals surface area (Å²) in [6.45, 7) is 0.180. The Balaban J connectivity index is 2.03. The van der Waals surface area contributed by atoms with Crippen LogP contribution in [0.3, 0.4) is 0 Å². The molecule has 2 aromatic carbocycles. The highest BCUT2D eigenvalue weighted by atomic mass is 32.2. The van der Waals surface area contributed by atoms with E-state index in [0.717, 1.165) is 40.7 Å². The van der Waals surface area contributed by atoms with E-state index in [-0.39, 0.29) is 6.61 Å². The van der Waals surface area contributed by atoms with Gasteiger partial charge < -0.3 is 14.6 Å². The Morgan fingerprint density at radius 2 is 1.60 bits per heavy atom. The number of aliphatic hydroxyl groups is 1. The number of rotatable bonds is 9. The van der Waals surface area contributed by atoms with E-state index in [1.165, 1.54) is 0 Å². The maximum atomic E-state index is 10.3. The van der Waals surface area contributed by atoms with E-state index in [9.17, 15) is 5.21 Å². The van der Waals surface area contributed by atoms with E-state index in [2.05, 4.69) is 0 Å². The molecule has 0 heterocycles. The van der Waals surface area contributed by atoms with E-state index in [0.29, 0.717) is 17.2 Å². The third-order valence-electron chi connectivity index (χ3n) is 3.71. The van der Waals surface area contributed by atoms with Gasteiger partial charge in [-0.2, -0.15) is 4.47 Å². The second-order valence-corrected chi connectivity index (χ2v) is 6.44. The van der Waals surface area contributed by atoms with Crippen LogP contribution < -0.4 is 18.2 Å². The van der Waals surface area contributed by atoms with Crippen molar-refractivity contribution in [1.82, 2.24) is 0 Å². The number of hydrogen-bond donors (Lipinski definition) is 2. The molecule has 0 saturated heterocycles. The van der Waals surface area contributed by atoms with Gasteiger partial charge in [0.2, 0.25) is 0 Å². The molecule has 136 valence electrons. The van der Waals surface area contributed by atoms with Gasteiger partial charge in [0.1, 0.15) is 0 Å². The minimum absolute atomic E-state index is 0.180. The Hall–Kier alpha value is -2.09. The first-order chi connectivity index (χ1) is 12.1. The van der Waals surface area contributed by atoms with Gasteiger partial charge in [-0.3, -0.25) is 9.51 Å². The number of anilines is 2. The molecule has 0 aliphatic rings. The molecular formula is C18H24N2O4S. The summed E-state index contributed by atoms with van der Waals surface area (Å²) in [6.07, 6.45) is 1.56. The molecule has 0 spiro atoms. The number of nitrogens with zero attached hydrogens (tertiary/aromatic N) is 2. The summed E-state index contributed by atoms with van der Waals surface area (Å²) in [5.74, 6) is 1.29. The maximum Gasteiger partial charge on any atom is 0.162 e. The average molecular weight is 364 g/mol. The number of methoxy groups -OCH3 is 2. The van der Waals surface area contributed by atoms with E-state index >= 15 is 0 Å². The average Bonchev–Trinajstić information content (AvgIpc) is 2.65. The standard InChI is InChI=1S/C18H24N2O4S/c1-19(16-10-11-17(23-2)18(13-16)24-3)25-20(22)15-8-6-14(7-9-15)5-4-12-21/h6-11,13,21-22H,4-5,12H2,1-3H3. The molecule has 2 aromatic rings. The van der Waals surface area contributed by atoms with Crippen LogP contribution in [-0.2, 0) is 6.42 Å². The number of benzene rings is 2. The predicted molar refractivity (Wildman–Crippen MR) is 102 cm³/mol. The van der Waals surface area contributed by atoms with Gasteiger partial charge in [0.25, 0.3) is 0 Å². The van der Waals surface area contributed by atoms with Crippen LogP contribution in [0, 0.1) is 0 Å². The zero-order valence-corrected chi connectivity index (χ0v) is 15.5. The van der Waals surface area contributed by atoms with Crippen LogP contribution in [-0.4, -0.2) is 38.2 Å². The van der Waals surface area contributed by atoms with E-state index in [4.69, 9.17) is 14.6 Å². The molecule has 0 amide bonds. The van der Waals surface area contributed by atoms with Gasteiger partial charge >= 0.3 is 0 Å². The lowest BCUT2D eigenvalue weighted by molar-refractivity contribution is 0.288. The minimum Gasteiger partial charge on any atom is -0.493 e. The molecule has 0 bridgehead atoms. The van der Waals surface area contributed by atoms with Crippen molar-refractivity contribution in [3.63, 3.8) is 0 Å². The number of ether oxygens (including phenoxy) is 2. The Labute approximate surface area is 152 Å². The lowest BCUT2D eigenvalue weighted by Gasteiger charge is -2.24. The molecule has 25 heavy (non-hydrogen) atoms.